The van der Waals surface area contributed by atoms with Crippen molar-refractivity contribution in [2.24, 2.45) is 11.5 Å². The summed E-state index contributed by atoms with van der Waals surface area (Å²) in [7, 11) is 0. The van der Waals surface area contributed by atoms with Crippen molar-refractivity contribution < 1.29 is 44.1 Å². The number of carboxylic acids is 2. The molecule has 10 N–H and O–H groups in total. The minimum absolute atomic E-state index is 0.396. The molecule has 0 saturated heterocycles. The second-order valence-electron chi connectivity index (χ2n) is 6.08. The molecule has 0 aliphatic rings. The molecule has 4 atom stereocenters. The number of carboxylic acid groups (broad SMARTS) is 2. The molecule has 4 amide bonds. The maximum atomic E-state index is 12.4. The quantitative estimate of drug-likeness (QED) is 0.142. The minimum Gasteiger partial charge on any atom is -0.481 e. The summed E-state index contributed by atoms with van der Waals surface area (Å²) in [5, 5.41) is 32.8. The Labute approximate surface area is 165 Å². The normalized spacial score (nSPS) is 14.6. The number of amides is 4. The molecule has 29 heavy (non-hydrogen) atoms. The number of aliphatic carboxylic acids is 2. The number of nitrogens with two attached hydrogens (primary N) is 2. The van der Waals surface area contributed by atoms with Gasteiger partial charge in [-0.15, -0.1) is 0 Å². The molecule has 0 saturated carbocycles. The first-order chi connectivity index (χ1) is 13.4. The molecule has 0 fully saturated rings. The van der Waals surface area contributed by atoms with E-state index < -0.39 is 85.6 Å². The highest BCUT2D eigenvalue weighted by atomic mass is 16.4. The van der Waals surface area contributed by atoms with E-state index in [1.54, 1.807) is 0 Å². The van der Waals surface area contributed by atoms with Crippen LogP contribution >= 0.6 is 0 Å². The van der Waals surface area contributed by atoms with Crippen LogP contribution in [0.5, 0.6) is 0 Å². The third-order valence-electron chi connectivity index (χ3n) is 3.58. The second-order valence-corrected chi connectivity index (χ2v) is 6.08. The maximum absolute atomic E-state index is 12.4. The SMILES string of the molecule is CC(NC(=O)C(CCC(=O)O)NC(=O)C(CC(N)=O)NC(=O)C(N)CO)C(=O)O. The van der Waals surface area contributed by atoms with Gasteiger partial charge in [0.05, 0.1) is 13.0 Å². The molecule has 0 bridgehead atoms. The standard InChI is InChI=1S/C15H25N5O9/c1-6(15(28)29)18-13(26)8(2-3-11(23)24)19-14(27)9(4-10(17)22)20-12(25)7(16)5-21/h6-9,21H,2-5,16H2,1H3,(H2,17,22)(H,18,26)(H,19,27)(H,20,25)(H,23,24)(H,28,29). The van der Waals surface area contributed by atoms with Gasteiger partial charge in [0.2, 0.25) is 23.6 Å². The molecule has 164 valence electrons. The Morgan fingerprint density at radius 1 is 0.897 bits per heavy atom. The minimum atomic E-state index is -1.56. The van der Waals surface area contributed by atoms with Crippen molar-refractivity contribution in [2.75, 3.05) is 6.61 Å². The summed E-state index contributed by atoms with van der Waals surface area (Å²) in [6.45, 7) is 0.413. The summed E-state index contributed by atoms with van der Waals surface area (Å²) in [5.74, 6) is -6.63. The van der Waals surface area contributed by atoms with Gasteiger partial charge in [0.15, 0.2) is 0 Å². The van der Waals surface area contributed by atoms with Gasteiger partial charge in [-0.2, -0.15) is 0 Å². The summed E-state index contributed by atoms with van der Waals surface area (Å²) in [6.07, 6.45) is -1.61. The van der Waals surface area contributed by atoms with Crippen molar-refractivity contribution in [3.8, 4) is 0 Å². The maximum Gasteiger partial charge on any atom is 0.325 e. The van der Waals surface area contributed by atoms with Crippen LogP contribution in [0.15, 0.2) is 0 Å². The zero-order chi connectivity index (χ0) is 22.7. The fraction of sp³-hybridized carbons (Fsp3) is 0.600. The van der Waals surface area contributed by atoms with Crippen molar-refractivity contribution >= 4 is 35.6 Å². The Morgan fingerprint density at radius 3 is 1.86 bits per heavy atom. The van der Waals surface area contributed by atoms with Gasteiger partial charge in [0, 0.05) is 6.42 Å². The average molecular weight is 419 g/mol. The van der Waals surface area contributed by atoms with Crippen LogP contribution in [0.2, 0.25) is 0 Å². The van der Waals surface area contributed by atoms with Crippen molar-refractivity contribution in [3.63, 3.8) is 0 Å². The summed E-state index contributed by atoms with van der Waals surface area (Å²) < 4.78 is 0. The van der Waals surface area contributed by atoms with Gasteiger partial charge in [0.25, 0.3) is 0 Å². The molecular formula is C15H25N5O9. The molecule has 0 radical (unpaired) electrons. The van der Waals surface area contributed by atoms with Crippen LogP contribution in [-0.4, -0.2) is 81.7 Å². The highest BCUT2D eigenvalue weighted by Crippen LogP contribution is 2.02. The van der Waals surface area contributed by atoms with Gasteiger partial charge < -0.3 is 42.7 Å². The fourth-order valence-electron chi connectivity index (χ4n) is 1.96. The molecule has 14 heteroatoms. The molecule has 0 heterocycles. The number of nitrogens with one attached hydrogen (secondary N) is 3. The van der Waals surface area contributed by atoms with E-state index in [1.165, 1.54) is 0 Å². The Bertz CT molecular complexity index is 654. The van der Waals surface area contributed by atoms with E-state index in [-0.39, 0.29) is 0 Å². The number of hydrogen-bond donors (Lipinski definition) is 8. The highest BCUT2D eigenvalue weighted by molar-refractivity contribution is 5.96. The molecule has 0 aliphatic heterocycles. The molecule has 4 unspecified atom stereocenters. The van der Waals surface area contributed by atoms with Crippen molar-refractivity contribution in [3.05, 3.63) is 0 Å². The predicted molar refractivity (Wildman–Crippen MR) is 94.8 cm³/mol. The zero-order valence-electron chi connectivity index (χ0n) is 15.6. The second kappa shape index (κ2) is 12.2. The summed E-state index contributed by atoms with van der Waals surface area (Å²) in [6, 6.07) is -5.75. The van der Waals surface area contributed by atoms with E-state index >= 15 is 0 Å². The molecule has 0 spiro atoms. The molecule has 0 aromatic heterocycles. The van der Waals surface area contributed by atoms with Crippen molar-refractivity contribution in [1.82, 2.24) is 16.0 Å². The summed E-state index contributed by atoms with van der Waals surface area (Å²) in [4.78, 5) is 69.2. The smallest absolute Gasteiger partial charge is 0.325 e. The van der Waals surface area contributed by atoms with Crippen LogP contribution < -0.4 is 27.4 Å². The van der Waals surface area contributed by atoms with Gasteiger partial charge in [0.1, 0.15) is 24.2 Å². The van der Waals surface area contributed by atoms with Crippen LogP contribution in [0.1, 0.15) is 26.2 Å². The lowest BCUT2D eigenvalue weighted by molar-refractivity contribution is -0.142. The Hall–Kier alpha value is -3.26. The summed E-state index contributed by atoms with van der Waals surface area (Å²) in [5.41, 5.74) is 10.3. The van der Waals surface area contributed by atoms with Gasteiger partial charge in [-0.05, 0) is 13.3 Å². The first kappa shape index (κ1) is 25.7. The van der Waals surface area contributed by atoms with E-state index in [0.717, 1.165) is 6.92 Å². The highest BCUT2D eigenvalue weighted by Gasteiger charge is 2.30. The van der Waals surface area contributed by atoms with Crippen LogP contribution in [0.25, 0.3) is 0 Å². The van der Waals surface area contributed by atoms with E-state index in [2.05, 4.69) is 16.0 Å². The number of primary amides is 1. The third kappa shape index (κ3) is 10.0. The Morgan fingerprint density at radius 2 is 1.41 bits per heavy atom. The molecule has 0 aliphatic carbocycles. The van der Waals surface area contributed by atoms with Crippen LogP contribution in [0.4, 0.5) is 0 Å². The molecule has 0 aromatic rings. The number of carbonyl (C=O) groups excluding carboxylic acids is 4. The van der Waals surface area contributed by atoms with Gasteiger partial charge >= 0.3 is 11.9 Å². The Kier molecular flexibility index (Phi) is 10.9. The Balaban J connectivity index is 5.38. The molecular weight excluding hydrogens is 394 g/mol. The van der Waals surface area contributed by atoms with E-state index in [1.807, 2.05) is 0 Å². The van der Waals surface area contributed by atoms with Crippen LogP contribution in [0.3, 0.4) is 0 Å². The third-order valence-corrected chi connectivity index (χ3v) is 3.58. The largest absolute Gasteiger partial charge is 0.481 e. The first-order valence-corrected chi connectivity index (χ1v) is 8.39. The van der Waals surface area contributed by atoms with Crippen molar-refractivity contribution in [2.45, 2.75) is 50.4 Å². The van der Waals surface area contributed by atoms with Gasteiger partial charge in [-0.25, -0.2) is 0 Å². The van der Waals surface area contributed by atoms with E-state index in [9.17, 15) is 28.8 Å². The number of carbonyl (C=O) groups is 6. The summed E-state index contributed by atoms with van der Waals surface area (Å²) >= 11 is 0. The topological polar surface area (TPSA) is 251 Å². The van der Waals surface area contributed by atoms with Crippen LogP contribution in [-0.2, 0) is 28.8 Å². The fourth-order valence-corrected chi connectivity index (χ4v) is 1.96. The van der Waals surface area contributed by atoms with Crippen molar-refractivity contribution in [1.29, 1.82) is 0 Å². The van der Waals surface area contributed by atoms with E-state index in [0.29, 0.717) is 0 Å². The number of aliphatic hydroxyl groups excluding tert-OH is 1. The lowest BCUT2D eigenvalue weighted by Gasteiger charge is -2.23. The zero-order valence-corrected chi connectivity index (χ0v) is 15.6. The van der Waals surface area contributed by atoms with E-state index in [4.69, 9.17) is 26.8 Å². The predicted octanol–water partition coefficient (Wildman–Crippen LogP) is -4.39. The lowest BCUT2D eigenvalue weighted by Crippen LogP contribution is -2.57. The molecule has 0 rings (SSSR count). The number of hydrogen-bond acceptors (Lipinski definition) is 8. The molecule has 14 nitrogen and oxygen atoms in total. The van der Waals surface area contributed by atoms with Gasteiger partial charge in [-0.1, -0.05) is 0 Å². The number of rotatable bonds is 13. The van der Waals surface area contributed by atoms with Crippen LogP contribution in [0, 0.1) is 0 Å². The first-order valence-electron chi connectivity index (χ1n) is 8.39. The van der Waals surface area contributed by atoms with Gasteiger partial charge in [-0.3, -0.25) is 28.8 Å². The monoisotopic (exact) mass is 419 g/mol. The molecule has 0 aromatic carbocycles. The number of aliphatic hydroxyl groups is 1. The lowest BCUT2D eigenvalue weighted by atomic mass is 10.1. The average Bonchev–Trinajstić information content (AvgIpc) is 2.62.